The molecule has 0 atom stereocenters. The highest BCUT2D eigenvalue weighted by Gasteiger charge is 2.06. The molecule has 0 spiro atoms. The molecule has 4 heteroatoms. The molecule has 1 aromatic carbocycles. The number of aromatic amines is 1. The van der Waals surface area contributed by atoms with Crippen LogP contribution in [0.1, 0.15) is 5.69 Å². The molecule has 3 aromatic rings. The van der Waals surface area contributed by atoms with Crippen molar-refractivity contribution in [1.82, 2.24) is 14.4 Å². The van der Waals surface area contributed by atoms with Crippen LogP contribution < -0.4 is 5.56 Å². The van der Waals surface area contributed by atoms with Gasteiger partial charge in [-0.05, 0) is 19.1 Å². The lowest BCUT2D eigenvalue weighted by Crippen LogP contribution is -2.09. The fraction of sp³-hybridized carbons (Fsp3) is 0.0909. The van der Waals surface area contributed by atoms with E-state index >= 15 is 0 Å². The zero-order valence-electron chi connectivity index (χ0n) is 8.19. The third kappa shape index (κ3) is 1.01. The average Bonchev–Trinajstić information content (AvgIpc) is 2.62. The Morgan fingerprint density at radius 1 is 1.33 bits per heavy atom. The monoisotopic (exact) mass is 199 g/mol. The van der Waals surface area contributed by atoms with E-state index < -0.39 is 0 Å². The normalized spacial score (nSPS) is 11.3. The zero-order chi connectivity index (χ0) is 10.4. The van der Waals surface area contributed by atoms with Crippen LogP contribution in [0.3, 0.4) is 0 Å². The molecule has 0 saturated heterocycles. The number of imidazole rings is 1. The van der Waals surface area contributed by atoms with Crippen LogP contribution in [0.4, 0.5) is 0 Å². The maximum atomic E-state index is 11.7. The van der Waals surface area contributed by atoms with Crippen LogP contribution in [-0.4, -0.2) is 14.4 Å². The van der Waals surface area contributed by atoms with Gasteiger partial charge < -0.3 is 4.98 Å². The summed E-state index contributed by atoms with van der Waals surface area (Å²) in [5.41, 5.74) is 2.41. The van der Waals surface area contributed by atoms with Gasteiger partial charge >= 0.3 is 0 Å². The Morgan fingerprint density at radius 3 is 3.00 bits per heavy atom. The van der Waals surface area contributed by atoms with Crippen molar-refractivity contribution in [3.05, 3.63) is 46.6 Å². The van der Waals surface area contributed by atoms with Gasteiger partial charge in [-0.25, -0.2) is 4.98 Å². The van der Waals surface area contributed by atoms with E-state index in [1.54, 1.807) is 6.33 Å². The molecule has 2 heterocycles. The first-order valence-corrected chi connectivity index (χ1v) is 4.72. The molecule has 0 radical (unpaired) electrons. The molecule has 0 bridgehead atoms. The standard InChI is InChI=1S/C11H9N3O/c1-7-10-13-11(15)8-4-2-3-5-9(8)14(10)6-12-7/h2-6H,1H3,(H,13,15). The predicted molar refractivity (Wildman–Crippen MR) is 58.1 cm³/mol. The van der Waals surface area contributed by atoms with E-state index in [1.807, 2.05) is 35.6 Å². The minimum atomic E-state index is -0.0679. The van der Waals surface area contributed by atoms with Crippen molar-refractivity contribution in [2.45, 2.75) is 6.92 Å². The Hall–Kier alpha value is -2.10. The second-order valence-electron chi connectivity index (χ2n) is 3.52. The van der Waals surface area contributed by atoms with Crippen LogP contribution in [0.5, 0.6) is 0 Å². The molecule has 0 fully saturated rings. The average molecular weight is 199 g/mol. The van der Waals surface area contributed by atoms with Crippen molar-refractivity contribution < 1.29 is 0 Å². The lowest BCUT2D eigenvalue weighted by Gasteiger charge is -2.00. The highest BCUT2D eigenvalue weighted by atomic mass is 16.1. The maximum Gasteiger partial charge on any atom is 0.258 e. The third-order valence-electron chi connectivity index (χ3n) is 2.59. The number of nitrogens with zero attached hydrogens (tertiary/aromatic N) is 2. The van der Waals surface area contributed by atoms with E-state index in [0.29, 0.717) is 5.39 Å². The van der Waals surface area contributed by atoms with Crippen molar-refractivity contribution in [3.63, 3.8) is 0 Å². The molecule has 3 rings (SSSR count). The van der Waals surface area contributed by atoms with E-state index in [0.717, 1.165) is 16.9 Å². The van der Waals surface area contributed by atoms with Crippen molar-refractivity contribution in [2.24, 2.45) is 0 Å². The molecular formula is C11H9N3O. The topological polar surface area (TPSA) is 50.2 Å². The molecule has 1 N–H and O–H groups in total. The number of fused-ring (bicyclic) bond motifs is 3. The number of hydrogen-bond donors (Lipinski definition) is 1. The van der Waals surface area contributed by atoms with Gasteiger partial charge in [0.1, 0.15) is 12.0 Å². The molecule has 0 aliphatic carbocycles. The van der Waals surface area contributed by atoms with E-state index in [4.69, 9.17) is 0 Å². The largest absolute Gasteiger partial charge is 0.306 e. The summed E-state index contributed by atoms with van der Waals surface area (Å²) in [6.45, 7) is 1.88. The Morgan fingerprint density at radius 2 is 2.13 bits per heavy atom. The van der Waals surface area contributed by atoms with Gasteiger partial charge in [-0.15, -0.1) is 0 Å². The summed E-state index contributed by atoms with van der Waals surface area (Å²) >= 11 is 0. The Bertz CT molecular complexity index is 708. The summed E-state index contributed by atoms with van der Waals surface area (Å²) < 4.78 is 1.89. The van der Waals surface area contributed by atoms with Crippen LogP contribution in [0, 0.1) is 6.92 Å². The number of aryl methyl sites for hydroxylation is 1. The maximum absolute atomic E-state index is 11.7. The highest BCUT2D eigenvalue weighted by molar-refractivity contribution is 5.80. The van der Waals surface area contributed by atoms with Gasteiger partial charge in [0.2, 0.25) is 0 Å². The highest BCUT2D eigenvalue weighted by Crippen LogP contribution is 2.12. The smallest absolute Gasteiger partial charge is 0.258 e. The van der Waals surface area contributed by atoms with Crippen LogP contribution in [-0.2, 0) is 0 Å². The lowest BCUT2D eigenvalue weighted by atomic mass is 10.2. The molecular weight excluding hydrogens is 190 g/mol. The summed E-state index contributed by atoms with van der Waals surface area (Å²) in [5, 5.41) is 0.683. The van der Waals surface area contributed by atoms with Crippen LogP contribution in [0.2, 0.25) is 0 Å². The molecule has 0 aliphatic rings. The van der Waals surface area contributed by atoms with Crippen molar-refractivity contribution in [2.75, 3.05) is 0 Å². The molecule has 0 unspecified atom stereocenters. The summed E-state index contributed by atoms with van der Waals surface area (Å²) in [6.07, 6.45) is 1.73. The molecule has 4 nitrogen and oxygen atoms in total. The van der Waals surface area contributed by atoms with Gasteiger partial charge in [-0.2, -0.15) is 0 Å². The molecule has 0 aliphatic heterocycles. The van der Waals surface area contributed by atoms with Crippen LogP contribution >= 0.6 is 0 Å². The van der Waals surface area contributed by atoms with E-state index in [9.17, 15) is 4.79 Å². The van der Waals surface area contributed by atoms with Gasteiger partial charge in [-0.3, -0.25) is 9.20 Å². The van der Waals surface area contributed by atoms with Gasteiger partial charge in [0, 0.05) is 0 Å². The Balaban J connectivity index is 2.71. The number of rotatable bonds is 0. The first-order chi connectivity index (χ1) is 7.27. The van der Waals surface area contributed by atoms with E-state index in [1.165, 1.54) is 0 Å². The predicted octanol–water partition coefficient (Wildman–Crippen LogP) is 1.48. The van der Waals surface area contributed by atoms with Gasteiger partial charge in [0.15, 0.2) is 0 Å². The van der Waals surface area contributed by atoms with Gasteiger partial charge in [-0.1, -0.05) is 12.1 Å². The van der Waals surface area contributed by atoms with Crippen molar-refractivity contribution >= 4 is 16.6 Å². The summed E-state index contributed by atoms with van der Waals surface area (Å²) in [4.78, 5) is 18.8. The van der Waals surface area contributed by atoms with Crippen molar-refractivity contribution in [1.29, 1.82) is 0 Å². The van der Waals surface area contributed by atoms with E-state index in [-0.39, 0.29) is 5.56 Å². The SMILES string of the molecule is Cc1ncn2c1[nH]c(=O)c1ccccc12. The first-order valence-electron chi connectivity index (χ1n) is 4.72. The molecule has 2 aromatic heterocycles. The summed E-state index contributed by atoms with van der Waals surface area (Å²) in [5.74, 6) is 0. The van der Waals surface area contributed by atoms with Crippen LogP contribution in [0.25, 0.3) is 16.6 Å². The summed E-state index contributed by atoms with van der Waals surface area (Å²) in [7, 11) is 0. The molecule has 15 heavy (non-hydrogen) atoms. The van der Waals surface area contributed by atoms with Gasteiger partial charge in [0.25, 0.3) is 5.56 Å². The second kappa shape index (κ2) is 2.70. The third-order valence-corrected chi connectivity index (χ3v) is 2.59. The summed E-state index contributed by atoms with van der Waals surface area (Å²) in [6, 6.07) is 7.49. The first kappa shape index (κ1) is 8.23. The molecule has 0 amide bonds. The zero-order valence-corrected chi connectivity index (χ0v) is 8.19. The lowest BCUT2D eigenvalue weighted by molar-refractivity contribution is 1.15. The number of hydrogen-bond acceptors (Lipinski definition) is 2. The minimum Gasteiger partial charge on any atom is -0.306 e. The van der Waals surface area contributed by atoms with Crippen LogP contribution in [0.15, 0.2) is 35.4 Å². The Kier molecular flexibility index (Phi) is 1.48. The quantitative estimate of drug-likeness (QED) is 0.596. The van der Waals surface area contributed by atoms with E-state index in [2.05, 4.69) is 9.97 Å². The Labute approximate surface area is 85.2 Å². The van der Waals surface area contributed by atoms with Crippen molar-refractivity contribution in [3.8, 4) is 0 Å². The molecule has 0 saturated carbocycles. The number of para-hydroxylation sites is 1. The fourth-order valence-electron chi connectivity index (χ4n) is 1.82. The minimum absolute atomic E-state index is 0.0679. The fourth-order valence-corrected chi connectivity index (χ4v) is 1.82. The number of aromatic nitrogens is 3. The molecule has 74 valence electrons. The number of benzene rings is 1. The second-order valence-corrected chi connectivity index (χ2v) is 3.52. The number of nitrogens with one attached hydrogen (secondary N) is 1. The van der Waals surface area contributed by atoms with Gasteiger partial charge in [0.05, 0.1) is 16.6 Å². The number of H-pyrrole nitrogens is 1.